The van der Waals surface area contributed by atoms with E-state index in [1.165, 1.54) is 5.56 Å². The number of likely N-dealkylation sites (tertiary alicyclic amines) is 1. The molecule has 7 heteroatoms. The van der Waals surface area contributed by atoms with Gasteiger partial charge in [-0.2, -0.15) is 0 Å². The van der Waals surface area contributed by atoms with Gasteiger partial charge < -0.3 is 10.2 Å². The van der Waals surface area contributed by atoms with Crippen LogP contribution < -0.4 is 5.32 Å². The standard InChI is InChI=1S/C21H24N6.HI/c1-22-21(26-12-9-19(15-26)17-6-3-2-4-7-17)25-14-18-8-5-10-24-20(18)27-13-11-23-16-27;/h2-8,10-11,13,16,19H,9,12,14-15H2,1H3,(H,22,25);1H. The third-order valence-corrected chi connectivity index (χ3v) is 5.02. The fourth-order valence-corrected chi connectivity index (χ4v) is 3.64. The van der Waals surface area contributed by atoms with Crippen LogP contribution in [0.2, 0.25) is 0 Å². The Morgan fingerprint density at radius 3 is 2.79 bits per heavy atom. The van der Waals surface area contributed by atoms with E-state index in [1.54, 1.807) is 18.7 Å². The molecule has 1 atom stereocenters. The topological polar surface area (TPSA) is 58.3 Å². The van der Waals surface area contributed by atoms with Gasteiger partial charge >= 0.3 is 0 Å². The number of rotatable bonds is 4. The van der Waals surface area contributed by atoms with E-state index >= 15 is 0 Å². The van der Waals surface area contributed by atoms with Crippen LogP contribution >= 0.6 is 24.0 Å². The number of hydrogen-bond donors (Lipinski definition) is 1. The van der Waals surface area contributed by atoms with Crippen LogP contribution in [-0.4, -0.2) is 45.5 Å². The van der Waals surface area contributed by atoms with Crippen molar-refractivity contribution in [2.24, 2.45) is 4.99 Å². The van der Waals surface area contributed by atoms with Crippen molar-refractivity contribution in [1.82, 2.24) is 24.8 Å². The van der Waals surface area contributed by atoms with Gasteiger partial charge in [-0.3, -0.25) is 9.56 Å². The molecule has 1 N–H and O–H groups in total. The lowest BCUT2D eigenvalue weighted by atomic mass is 9.99. The third-order valence-electron chi connectivity index (χ3n) is 5.02. The highest BCUT2D eigenvalue weighted by Crippen LogP contribution is 2.26. The molecule has 1 unspecified atom stereocenters. The average Bonchev–Trinajstić information content (AvgIpc) is 3.42. The van der Waals surface area contributed by atoms with Gasteiger partial charge in [-0.15, -0.1) is 24.0 Å². The molecule has 146 valence electrons. The second-order valence-electron chi connectivity index (χ2n) is 6.70. The number of aromatic nitrogens is 3. The molecule has 28 heavy (non-hydrogen) atoms. The van der Waals surface area contributed by atoms with E-state index in [2.05, 4.69) is 61.6 Å². The van der Waals surface area contributed by atoms with Gasteiger partial charge in [0.25, 0.3) is 0 Å². The number of benzene rings is 1. The summed E-state index contributed by atoms with van der Waals surface area (Å²) < 4.78 is 1.93. The Bertz CT molecular complexity index is 894. The first-order chi connectivity index (χ1) is 13.3. The highest BCUT2D eigenvalue weighted by Gasteiger charge is 2.25. The Morgan fingerprint density at radius 1 is 1.18 bits per heavy atom. The first-order valence-electron chi connectivity index (χ1n) is 9.28. The van der Waals surface area contributed by atoms with Gasteiger partial charge in [-0.1, -0.05) is 36.4 Å². The zero-order chi connectivity index (χ0) is 18.5. The SMILES string of the molecule is CN=C(NCc1cccnc1-n1ccnc1)N1CCC(c2ccccc2)C1.I. The van der Waals surface area contributed by atoms with E-state index in [0.29, 0.717) is 12.5 Å². The summed E-state index contributed by atoms with van der Waals surface area (Å²) in [6.07, 6.45) is 8.40. The second kappa shape index (κ2) is 9.68. The van der Waals surface area contributed by atoms with Gasteiger partial charge in [0, 0.05) is 56.8 Å². The van der Waals surface area contributed by atoms with Crippen molar-refractivity contribution in [1.29, 1.82) is 0 Å². The minimum absolute atomic E-state index is 0. The van der Waals surface area contributed by atoms with Crippen LogP contribution in [0.5, 0.6) is 0 Å². The van der Waals surface area contributed by atoms with E-state index in [4.69, 9.17) is 0 Å². The van der Waals surface area contributed by atoms with Gasteiger partial charge in [-0.25, -0.2) is 9.97 Å². The van der Waals surface area contributed by atoms with Crippen LogP contribution in [0.1, 0.15) is 23.5 Å². The molecule has 0 aliphatic carbocycles. The molecule has 1 aliphatic heterocycles. The van der Waals surface area contributed by atoms with Crippen LogP contribution in [-0.2, 0) is 6.54 Å². The van der Waals surface area contributed by atoms with Crippen LogP contribution in [0.25, 0.3) is 5.82 Å². The molecule has 4 rings (SSSR count). The summed E-state index contributed by atoms with van der Waals surface area (Å²) in [6, 6.07) is 14.8. The first-order valence-corrected chi connectivity index (χ1v) is 9.28. The molecule has 1 saturated heterocycles. The maximum absolute atomic E-state index is 4.50. The molecule has 3 aromatic rings. The molecule has 1 aromatic carbocycles. The van der Waals surface area contributed by atoms with Crippen LogP contribution in [0, 0.1) is 0 Å². The van der Waals surface area contributed by atoms with Crippen molar-refractivity contribution >= 4 is 29.9 Å². The highest BCUT2D eigenvalue weighted by molar-refractivity contribution is 14.0. The minimum Gasteiger partial charge on any atom is -0.352 e. The monoisotopic (exact) mass is 488 g/mol. The molecule has 0 bridgehead atoms. The van der Waals surface area contributed by atoms with Gasteiger partial charge in [0.1, 0.15) is 12.1 Å². The molecule has 6 nitrogen and oxygen atoms in total. The Hall–Kier alpha value is -2.42. The summed E-state index contributed by atoms with van der Waals surface area (Å²) >= 11 is 0. The molecule has 1 aliphatic rings. The number of halogens is 1. The van der Waals surface area contributed by atoms with Crippen molar-refractivity contribution in [2.75, 3.05) is 20.1 Å². The normalized spacial score (nSPS) is 16.7. The zero-order valence-electron chi connectivity index (χ0n) is 15.9. The average molecular weight is 488 g/mol. The Labute approximate surface area is 182 Å². The van der Waals surface area contributed by atoms with Gasteiger partial charge in [-0.05, 0) is 18.1 Å². The Balaban J connectivity index is 0.00000225. The number of imidazole rings is 1. The molecule has 1 fully saturated rings. The summed E-state index contributed by atoms with van der Waals surface area (Å²) in [5, 5.41) is 3.50. The van der Waals surface area contributed by atoms with Crippen LogP contribution in [0.3, 0.4) is 0 Å². The van der Waals surface area contributed by atoms with E-state index in [-0.39, 0.29) is 24.0 Å². The second-order valence-corrected chi connectivity index (χ2v) is 6.70. The minimum atomic E-state index is 0. The van der Waals surface area contributed by atoms with Crippen molar-refractivity contribution in [3.8, 4) is 5.82 Å². The fourth-order valence-electron chi connectivity index (χ4n) is 3.64. The zero-order valence-corrected chi connectivity index (χ0v) is 18.2. The van der Waals surface area contributed by atoms with E-state index in [9.17, 15) is 0 Å². The maximum Gasteiger partial charge on any atom is 0.193 e. The predicted molar refractivity (Wildman–Crippen MR) is 122 cm³/mol. The van der Waals surface area contributed by atoms with Crippen LogP contribution in [0.4, 0.5) is 0 Å². The van der Waals surface area contributed by atoms with Gasteiger partial charge in [0.2, 0.25) is 0 Å². The van der Waals surface area contributed by atoms with Crippen molar-refractivity contribution < 1.29 is 0 Å². The first kappa shape index (κ1) is 20.3. The quantitative estimate of drug-likeness (QED) is 0.347. The number of hydrogen-bond acceptors (Lipinski definition) is 3. The fraction of sp³-hybridized carbons (Fsp3) is 0.286. The van der Waals surface area contributed by atoms with E-state index in [1.807, 2.05) is 23.9 Å². The lowest BCUT2D eigenvalue weighted by Gasteiger charge is -2.22. The maximum atomic E-state index is 4.50. The molecule has 0 amide bonds. The molecule has 0 radical (unpaired) electrons. The van der Waals surface area contributed by atoms with Gasteiger partial charge in [0.15, 0.2) is 5.96 Å². The molecular weight excluding hydrogens is 463 g/mol. The largest absolute Gasteiger partial charge is 0.352 e. The Kier molecular flexibility index (Phi) is 7.02. The van der Waals surface area contributed by atoms with Gasteiger partial charge in [0.05, 0.1) is 0 Å². The summed E-state index contributed by atoms with van der Waals surface area (Å²) in [7, 11) is 1.85. The highest BCUT2D eigenvalue weighted by atomic mass is 127. The predicted octanol–water partition coefficient (Wildman–Crippen LogP) is 3.45. The summed E-state index contributed by atoms with van der Waals surface area (Å²) in [5.74, 6) is 2.39. The summed E-state index contributed by atoms with van der Waals surface area (Å²) in [4.78, 5) is 15.5. The molecular formula is C21H25IN6. The van der Waals surface area contributed by atoms with Crippen LogP contribution in [0.15, 0.2) is 72.4 Å². The number of pyridine rings is 1. The lowest BCUT2D eigenvalue weighted by molar-refractivity contribution is 0.485. The molecule has 2 aromatic heterocycles. The Morgan fingerprint density at radius 2 is 2.04 bits per heavy atom. The summed E-state index contributed by atoms with van der Waals surface area (Å²) in [6.45, 7) is 2.67. The third kappa shape index (κ3) is 4.52. The molecule has 0 spiro atoms. The van der Waals surface area contributed by atoms with Crippen molar-refractivity contribution in [3.63, 3.8) is 0 Å². The number of guanidine groups is 1. The lowest BCUT2D eigenvalue weighted by Crippen LogP contribution is -2.39. The smallest absolute Gasteiger partial charge is 0.193 e. The van der Waals surface area contributed by atoms with Crippen molar-refractivity contribution in [2.45, 2.75) is 18.9 Å². The number of nitrogens with zero attached hydrogens (tertiary/aromatic N) is 5. The number of aliphatic imine (C=N–C) groups is 1. The molecule has 3 heterocycles. The van der Waals surface area contributed by atoms with Crippen molar-refractivity contribution in [3.05, 3.63) is 78.5 Å². The van der Waals surface area contributed by atoms with E-state index in [0.717, 1.165) is 36.9 Å². The number of nitrogens with one attached hydrogen (secondary N) is 1. The van der Waals surface area contributed by atoms with E-state index < -0.39 is 0 Å². The molecule has 0 saturated carbocycles. The summed E-state index contributed by atoms with van der Waals surface area (Å²) in [5.41, 5.74) is 2.51.